The molecule has 0 saturated carbocycles. The van der Waals surface area contributed by atoms with Gasteiger partial charge in [-0.2, -0.15) is 0 Å². The first kappa shape index (κ1) is 85.5. The van der Waals surface area contributed by atoms with Gasteiger partial charge in [-0.15, -0.1) is 102 Å². The molecule has 0 amide bonds. The van der Waals surface area contributed by atoms with Crippen molar-refractivity contribution in [2.24, 2.45) is 0 Å². The second kappa shape index (κ2) is 45.7. The van der Waals surface area contributed by atoms with Crippen molar-refractivity contribution in [1.82, 2.24) is 0 Å². The van der Waals surface area contributed by atoms with Crippen LogP contribution in [0.25, 0.3) is 78.0 Å². The number of hydrogen-bond acceptors (Lipinski definition) is 10. The lowest BCUT2D eigenvalue weighted by Gasteiger charge is -2.04. The second-order valence-corrected chi connectivity index (χ2v) is 41.8. The maximum atomic E-state index is 13.3. The van der Waals surface area contributed by atoms with Crippen molar-refractivity contribution in [2.75, 3.05) is 0 Å². The van der Waals surface area contributed by atoms with E-state index in [-0.39, 0.29) is 4.62 Å². The van der Waals surface area contributed by atoms with Crippen LogP contribution in [-0.4, -0.2) is 9.79 Å². The lowest BCUT2D eigenvalue weighted by atomic mass is 10.0. The van der Waals surface area contributed by atoms with Crippen LogP contribution in [0.5, 0.6) is 0 Å². The van der Waals surface area contributed by atoms with Crippen LogP contribution in [0, 0.1) is 6.92 Å². The van der Waals surface area contributed by atoms with Gasteiger partial charge >= 0.3 is 7.60 Å². The maximum absolute atomic E-state index is 13.3. The molecule has 0 bridgehead atoms. The van der Waals surface area contributed by atoms with Crippen molar-refractivity contribution in [2.45, 2.75) is 358 Å². The van der Waals surface area contributed by atoms with Gasteiger partial charge in [-0.3, -0.25) is 4.57 Å². The summed E-state index contributed by atoms with van der Waals surface area (Å²) in [6, 6.07) is 23.2. The quantitative estimate of drug-likeness (QED) is 0.0295. The molecule has 9 aromatic heterocycles. The number of unbranched alkanes of at least 4 members (excludes halogenated alkanes) is 27. The average Bonchev–Trinajstić information content (AvgIpc) is 1.61. The SMILES string of the molecule is CCCCCCc1cc(C)sc1-c1cc(CCCCCC)c(-c2cc(CCCCCC)c(-c3cc(CCCCCC)c(-c4cc(CCCCCC)c(-c5cc(CCCCCC)c(-c6cc(CCCCCC)c(-c7cc(CCCCCC)c(-c8cc(CCCCCC)c(P(=O)(O)O)s8)s7)s6)s5)s4)s3)s2)s1. The minimum Gasteiger partial charge on any atom is -0.320 e. The third-order valence-electron chi connectivity index (χ3n) is 21.1. The third kappa shape index (κ3) is 24.7. The topological polar surface area (TPSA) is 57.5 Å². The molecule has 13 heteroatoms. The summed E-state index contributed by atoms with van der Waals surface area (Å²) in [5, 5.41) is 0. The molecule has 0 aromatic carbocycles. The Morgan fingerprint density at radius 1 is 0.221 bits per heavy atom. The zero-order valence-corrected chi connectivity index (χ0v) is 74.2. The normalized spacial score (nSPS) is 12.1. The number of thiophene rings is 9. The standard InChI is InChI=1S/C91H131O3PS9/c1-11-20-29-38-47-66-56-65(10)96-83(66)75-57-67(48-39-30-21-12-2)84(97-75)76-58-68(49-40-31-22-13-3)85(98-76)77-59-69(50-41-32-23-14-4)86(99-77)78-60-70(51-42-33-24-15-5)87(100-78)79-61-71(52-43-34-25-16-6)88(101-79)80-62-72(53-44-35-26-17-7)89(102-80)81-63-73(54-45-36-27-18-8)90(103-81)82-64-74(55-46-37-28-19-9)91(104-82)95(92,93)94/h56-64H,11-55H2,1-10H3,(H2,92,93,94). The van der Waals surface area contributed by atoms with Gasteiger partial charge in [0, 0.05) is 82.9 Å². The van der Waals surface area contributed by atoms with Crippen LogP contribution in [0.4, 0.5) is 0 Å². The Balaban J connectivity index is 1.16. The average molecular weight is 1590 g/mol. The molecule has 9 rings (SSSR count). The summed E-state index contributed by atoms with van der Waals surface area (Å²) >= 11 is 17.9. The predicted octanol–water partition coefficient (Wildman–Crippen LogP) is 33.8. The highest BCUT2D eigenvalue weighted by atomic mass is 32.1. The van der Waals surface area contributed by atoms with E-state index in [2.05, 4.69) is 181 Å². The molecule has 0 aliphatic carbocycles. The van der Waals surface area contributed by atoms with Crippen molar-refractivity contribution in [3.8, 4) is 78.0 Å². The largest absolute Gasteiger partial charge is 0.366 e. The molecule has 0 spiro atoms. The molecule has 572 valence electrons. The van der Waals surface area contributed by atoms with Gasteiger partial charge in [-0.25, -0.2) is 0 Å². The molecule has 0 atom stereocenters. The number of hydrogen-bond donors (Lipinski definition) is 2. The molecule has 0 radical (unpaired) electrons. The van der Waals surface area contributed by atoms with Crippen LogP contribution in [0.15, 0.2) is 54.6 Å². The monoisotopic (exact) mass is 1590 g/mol. The van der Waals surface area contributed by atoms with Crippen LogP contribution < -0.4 is 4.62 Å². The zero-order chi connectivity index (χ0) is 73.6. The van der Waals surface area contributed by atoms with E-state index in [0.717, 1.165) is 87.5 Å². The first-order valence-electron chi connectivity index (χ1n) is 42.0. The number of aryl methyl sites for hydroxylation is 10. The van der Waals surface area contributed by atoms with E-state index in [9.17, 15) is 14.4 Å². The fourth-order valence-corrected chi connectivity index (χ4v) is 28.0. The molecule has 0 aliphatic heterocycles. The highest BCUT2D eigenvalue weighted by Crippen LogP contribution is 2.55. The minimum atomic E-state index is -4.45. The van der Waals surface area contributed by atoms with E-state index >= 15 is 0 Å². The van der Waals surface area contributed by atoms with Crippen molar-refractivity contribution < 1.29 is 14.4 Å². The minimum absolute atomic E-state index is 0.279. The Hall–Kier alpha value is -2.55. The maximum Gasteiger partial charge on any atom is 0.366 e. The van der Waals surface area contributed by atoms with Gasteiger partial charge in [-0.05, 0) is 227 Å². The highest BCUT2D eigenvalue weighted by molar-refractivity contribution is 7.67. The van der Waals surface area contributed by atoms with Gasteiger partial charge in [0.05, 0.1) is 0 Å². The summed E-state index contributed by atoms with van der Waals surface area (Å²) in [7, 11) is -4.45. The van der Waals surface area contributed by atoms with Crippen molar-refractivity contribution in [3.63, 3.8) is 0 Å². The first-order chi connectivity index (χ1) is 50.8. The van der Waals surface area contributed by atoms with Crippen molar-refractivity contribution in [1.29, 1.82) is 0 Å². The summed E-state index contributed by atoms with van der Waals surface area (Å²) in [4.78, 5) is 46.1. The highest BCUT2D eigenvalue weighted by Gasteiger charge is 2.30. The summed E-state index contributed by atoms with van der Waals surface area (Å²) in [5.74, 6) is 0. The molecule has 0 unspecified atom stereocenters. The molecule has 3 nitrogen and oxygen atoms in total. The Kier molecular flexibility index (Phi) is 37.5. The van der Waals surface area contributed by atoms with Gasteiger partial charge in [-0.1, -0.05) is 236 Å². The molecule has 2 N–H and O–H groups in total. The summed E-state index contributed by atoms with van der Waals surface area (Å²) < 4.78 is 13.6. The van der Waals surface area contributed by atoms with E-state index in [1.54, 1.807) is 32.7 Å². The zero-order valence-electron chi connectivity index (χ0n) is 65.9. The van der Waals surface area contributed by atoms with Crippen LogP contribution in [0.3, 0.4) is 0 Å². The van der Waals surface area contributed by atoms with Crippen molar-refractivity contribution in [3.05, 3.63) is 110 Å². The smallest absolute Gasteiger partial charge is 0.320 e. The van der Waals surface area contributed by atoms with E-state index in [0.29, 0.717) is 6.42 Å². The number of rotatable bonds is 54. The van der Waals surface area contributed by atoms with Crippen LogP contribution in [-0.2, 0) is 62.4 Å². The van der Waals surface area contributed by atoms with Crippen LogP contribution >= 0.6 is 110 Å². The second-order valence-electron chi connectivity index (χ2n) is 30.2. The summed E-state index contributed by atoms with van der Waals surface area (Å²) in [6.07, 6.45) is 54.1. The molecule has 9 heterocycles. The van der Waals surface area contributed by atoms with Crippen LogP contribution in [0.2, 0.25) is 0 Å². The molecule has 0 saturated heterocycles. The molecule has 0 aliphatic rings. The van der Waals surface area contributed by atoms with E-state index < -0.39 is 7.60 Å². The molecule has 104 heavy (non-hydrogen) atoms. The fourth-order valence-electron chi connectivity index (χ4n) is 15.1. The molecular formula is C91H131O3PS9. The predicted molar refractivity (Wildman–Crippen MR) is 478 cm³/mol. The first-order valence-corrected chi connectivity index (χ1v) is 50.9. The molecular weight excluding hydrogens is 1460 g/mol. The van der Waals surface area contributed by atoms with Gasteiger partial charge in [0.25, 0.3) is 0 Å². The molecule has 0 fully saturated rings. The Morgan fingerprint density at radius 3 is 0.577 bits per heavy atom. The van der Waals surface area contributed by atoms with E-state index in [1.165, 1.54) is 307 Å². The Bertz CT molecular complexity index is 3980. The molecule has 9 aromatic rings. The van der Waals surface area contributed by atoms with E-state index in [1.807, 2.05) is 34.0 Å². The van der Waals surface area contributed by atoms with Gasteiger partial charge in [0.1, 0.15) is 4.62 Å². The van der Waals surface area contributed by atoms with Crippen molar-refractivity contribution >= 4 is 114 Å². The van der Waals surface area contributed by atoms with Gasteiger partial charge in [0.2, 0.25) is 0 Å². The third-order valence-corrected chi connectivity index (χ3v) is 34.7. The lowest BCUT2D eigenvalue weighted by Crippen LogP contribution is -2.04. The van der Waals surface area contributed by atoms with Gasteiger partial charge in [0.15, 0.2) is 0 Å². The lowest BCUT2D eigenvalue weighted by molar-refractivity contribution is 0.388. The summed E-state index contributed by atoms with van der Waals surface area (Å²) in [6.45, 7) is 23.3. The Labute approximate surface area is 668 Å². The van der Waals surface area contributed by atoms with Crippen LogP contribution in [0.1, 0.15) is 348 Å². The van der Waals surface area contributed by atoms with Gasteiger partial charge < -0.3 is 9.79 Å². The summed E-state index contributed by atoms with van der Waals surface area (Å²) in [5.41, 5.74) is 13.1. The Morgan fingerprint density at radius 2 is 0.385 bits per heavy atom. The van der Waals surface area contributed by atoms with E-state index in [4.69, 9.17) is 0 Å². The fraction of sp³-hybridized carbons (Fsp3) is 0.604.